The molecule has 0 atom stereocenters. The standard InChI is InChI=1S/C21H17FN4O2/c1-14-3-2-4-15(11-14)13-26-10-9-20(24-26)23-21(27)18-12-19(28-25-18)16-5-7-17(22)8-6-16/h2-12H,13H2,1H3,(H,23,24,27). The van der Waals surface area contributed by atoms with Gasteiger partial charge in [0.25, 0.3) is 5.91 Å². The number of halogens is 1. The van der Waals surface area contributed by atoms with E-state index in [0.29, 0.717) is 23.7 Å². The molecule has 1 N–H and O–H groups in total. The summed E-state index contributed by atoms with van der Waals surface area (Å²) in [6.07, 6.45) is 1.80. The zero-order valence-electron chi connectivity index (χ0n) is 15.1. The average Bonchev–Trinajstić information content (AvgIpc) is 3.32. The molecule has 0 spiro atoms. The molecule has 0 saturated carbocycles. The lowest BCUT2D eigenvalue weighted by Gasteiger charge is -2.03. The Morgan fingerprint density at radius 2 is 1.96 bits per heavy atom. The second-order valence-electron chi connectivity index (χ2n) is 6.43. The van der Waals surface area contributed by atoms with Gasteiger partial charge in [0, 0.05) is 23.9 Å². The first-order valence-electron chi connectivity index (χ1n) is 8.70. The first-order chi connectivity index (χ1) is 13.6. The lowest BCUT2D eigenvalue weighted by molar-refractivity contribution is 0.101. The summed E-state index contributed by atoms with van der Waals surface area (Å²) < 4.78 is 20.0. The molecule has 2 aromatic heterocycles. The number of hydrogen-bond acceptors (Lipinski definition) is 4. The van der Waals surface area contributed by atoms with E-state index >= 15 is 0 Å². The van der Waals surface area contributed by atoms with Crippen molar-refractivity contribution in [3.05, 3.63) is 89.5 Å². The Balaban J connectivity index is 1.43. The molecule has 0 fully saturated rings. The summed E-state index contributed by atoms with van der Waals surface area (Å²) in [6.45, 7) is 2.65. The Labute approximate surface area is 160 Å². The van der Waals surface area contributed by atoms with Gasteiger partial charge in [-0.3, -0.25) is 9.48 Å². The normalized spacial score (nSPS) is 10.8. The van der Waals surface area contributed by atoms with Crippen molar-refractivity contribution in [2.24, 2.45) is 0 Å². The number of carbonyl (C=O) groups is 1. The van der Waals surface area contributed by atoms with E-state index in [1.807, 2.05) is 25.1 Å². The second kappa shape index (κ2) is 7.48. The minimum Gasteiger partial charge on any atom is -0.355 e. The lowest BCUT2D eigenvalue weighted by atomic mass is 10.1. The molecule has 0 saturated heterocycles. The van der Waals surface area contributed by atoms with E-state index in [9.17, 15) is 9.18 Å². The molecule has 4 rings (SSSR count). The number of rotatable bonds is 5. The largest absolute Gasteiger partial charge is 0.355 e. The van der Waals surface area contributed by atoms with Gasteiger partial charge in [-0.25, -0.2) is 4.39 Å². The third-order valence-corrected chi connectivity index (χ3v) is 4.18. The van der Waals surface area contributed by atoms with Crippen molar-refractivity contribution in [3.63, 3.8) is 0 Å². The van der Waals surface area contributed by atoms with Gasteiger partial charge in [-0.2, -0.15) is 5.10 Å². The molecule has 0 unspecified atom stereocenters. The third-order valence-electron chi connectivity index (χ3n) is 4.18. The summed E-state index contributed by atoms with van der Waals surface area (Å²) in [5.74, 6) is 0.0273. The maximum Gasteiger partial charge on any atom is 0.279 e. The van der Waals surface area contributed by atoms with E-state index in [4.69, 9.17) is 4.52 Å². The zero-order valence-corrected chi connectivity index (χ0v) is 15.1. The van der Waals surface area contributed by atoms with E-state index in [0.717, 1.165) is 5.56 Å². The number of hydrogen-bond donors (Lipinski definition) is 1. The number of nitrogens with one attached hydrogen (secondary N) is 1. The molecule has 2 heterocycles. The maximum atomic E-state index is 13.0. The number of benzene rings is 2. The summed E-state index contributed by atoms with van der Waals surface area (Å²) in [7, 11) is 0. The quantitative estimate of drug-likeness (QED) is 0.564. The van der Waals surface area contributed by atoms with Crippen molar-refractivity contribution in [1.29, 1.82) is 0 Å². The van der Waals surface area contributed by atoms with Crippen LogP contribution < -0.4 is 5.32 Å². The molecular formula is C21H17FN4O2. The van der Waals surface area contributed by atoms with Gasteiger partial charge in [-0.15, -0.1) is 0 Å². The van der Waals surface area contributed by atoms with Crippen molar-refractivity contribution in [1.82, 2.24) is 14.9 Å². The lowest BCUT2D eigenvalue weighted by Crippen LogP contribution is -2.13. The van der Waals surface area contributed by atoms with Gasteiger partial charge in [0.15, 0.2) is 17.3 Å². The van der Waals surface area contributed by atoms with Crippen LogP contribution in [0.5, 0.6) is 0 Å². The molecule has 6 nitrogen and oxygen atoms in total. The zero-order chi connectivity index (χ0) is 19.5. The van der Waals surface area contributed by atoms with Crippen LogP contribution in [-0.2, 0) is 6.54 Å². The highest BCUT2D eigenvalue weighted by Gasteiger charge is 2.15. The van der Waals surface area contributed by atoms with Crippen LogP contribution in [0.1, 0.15) is 21.6 Å². The number of anilines is 1. The number of nitrogens with zero attached hydrogens (tertiary/aromatic N) is 3. The predicted octanol–water partition coefficient (Wildman–Crippen LogP) is 4.29. The van der Waals surface area contributed by atoms with Crippen LogP contribution in [0.4, 0.5) is 10.2 Å². The number of aromatic nitrogens is 3. The fraction of sp³-hybridized carbons (Fsp3) is 0.0952. The first-order valence-corrected chi connectivity index (χ1v) is 8.70. The summed E-state index contributed by atoms with van der Waals surface area (Å²) in [4.78, 5) is 12.4. The SMILES string of the molecule is Cc1cccc(Cn2ccc(NC(=O)c3cc(-c4ccc(F)cc4)on3)n2)c1. The van der Waals surface area contributed by atoms with Gasteiger partial charge in [0.05, 0.1) is 6.54 Å². The molecule has 0 radical (unpaired) electrons. The summed E-state index contributed by atoms with van der Waals surface area (Å²) in [5.41, 5.74) is 3.06. The maximum absolute atomic E-state index is 13.0. The minimum atomic E-state index is -0.432. The molecule has 0 aliphatic rings. The van der Waals surface area contributed by atoms with E-state index in [-0.39, 0.29) is 11.5 Å². The topological polar surface area (TPSA) is 73.0 Å². The van der Waals surface area contributed by atoms with Crippen LogP contribution in [-0.4, -0.2) is 20.8 Å². The van der Waals surface area contributed by atoms with Gasteiger partial charge in [-0.05, 0) is 36.8 Å². The van der Waals surface area contributed by atoms with E-state index in [2.05, 4.69) is 21.6 Å². The van der Waals surface area contributed by atoms with Crippen LogP contribution >= 0.6 is 0 Å². The highest BCUT2D eigenvalue weighted by Crippen LogP contribution is 2.21. The Hall–Kier alpha value is -3.74. The van der Waals surface area contributed by atoms with Gasteiger partial charge >= 0.3 is 0 Å². The number of carbonyl (C=O) groups excluding carboxylic acids is 1. The molecule has 28 heavy (non-hydrogen) atoms. The monoisotopic (exact) mass is 376 g/mol. The van der Waals surface area contributed by atoms with Crippen LogP contribution in [0, 0.1) is 12.7 Å². The van der Waals surface area contributed by atoms with E-state index in [1.165, 1.54) is 23.8 Å². The van der Waals surface area contributed by atoms with Gasteiger partial charge in [-0.1, -0.05) is 35.0 Å². The molecule has 0 aliphatic carbocycles. The van der Waals surface area contributed by atoms with Gasteiger partial charge < -0.3 is 9.84 Å². The van der Waals surface area contributed by atoms with E-state index < -0.39 is 5.91 Å². The predicted molar refractivity (Wildman–Crippen MR) is 102 cm³/mol. The molecule has 0 aliphatic heterocycles. The summed E-state index contributed by atoms with van der Waals surface area (Å²) in [6, 6.07) is 17.1. The van der Waals surface area contributed by atoms with Crippen LogP contribution in [0.3, 0.4) is 0 Å². The molecule has 2 aromatic carbocycles. The van der Waals surface area contributed by atoms with Crippen molar-refractivity contribution >= 4 is 11.7 Å². The highest BCUT2D eigenvalue weighted by atomic mass is 19.1. The van der Waals surface area contributed by atoms with Crippen molar-refractivity contribution in [2.75, 3.05) is 5.32 Å². The van der Waals surface area contributed by atoms with Crippen LogP contribution in [0.2, 0.25) is 0 Å². The number of amides is 1. The minimum absolute atomic E-state index is 0.118. The van der Waals surface area contributed by atoms with E-state index in [1.54, 1.807) is 29.1 Å². The fourth-order valence-corrected chi connectivity index (χ4v) is 2.83. The first kappa shape index (κ1) is 17.7. The van der Waals surface area contributed by atoms with Crippen molar-refractivity contribution in [2.45, 2.75) is 13.5 Å². The molecule has 4 aromatic rings. The fourth-order valence-electron chi connectivity index (χ4n) is 2.83. The smallest absolute Gasteiger partial charge is 0.279 e. The number of aryl methyl sites for hydroxylation is 1. The Bertz CT molecular complexity index is 1120. The molecule has 1 amide bonds. The second-order valence-corrected chi connectivity index (χ2v) is 6.43. The van der Waals surface area contributed by atoms with Crippen LogP contribution in [0.25, 0.3) is 11.3 Å². The Morgan fingerprint density at radius 3 is 2.75 bits per heavy atom. The summed E-state index contributed by atoms with van der Waals surface area (Å²) in [5, 5.41) is 10.8. The van der Waals surface area contributed by atoms with Gasteiger partial charge in [0.2, 0.25) is 0 Å². The highest BCUT2D eigenvalue weighted by molar-refractivity contribution is 6.02. The van der Waals surface area contributed by atoms with Crippen molar-refractivity contribution in [3.8, 4) is 11.3 Å². The molecule has 0 bridgehead atoms. The van der Waals surface area contributed by atoms with Crippen LogP contribution in [0.15, 0.2) is 71.4 Å². The molecule has 7 heteroatoms. The summed E-state index contributed by atoms with van der Waals surface area (Å²) >= 11 is 0. The molecular weight excluding hydrogens is 359 g/mol. The Morgan fingerprint density at radius 1 is 1.14 bits per heavy atom. The van der Waals surface area contributed by atoms with Crippen molar-refractivity contribution < 1.29 is 13.7 Å². The molecule has 140 valence electrons. The average molecular weight is 376 g/mol. The third kappa shape index (κ3) is 3.98. The Kier molecular flexibility index (Phi) is 4.72. The van der Waals surface area contributed by atoms with Gasteiger partial charge in [0.1, 0.15) is 5.82 Å².